The highest BCUT2D eigenvalue weighted by atomic mass is 16.2. The van der Waals surface area contributed by atoms with Gasteiger partial charge in [-0.25, -0.2) is 4.98 Å². The summed E-state index contributed by atoms with van der Waals surface area (Å²) in [5, 5.41) is 6.34. The second kappa shape index (κ2) is 8.45. The van der Waals surface area contributed by atoms with Gasteiger partial charge in [0.15, 0.2) is 0 Å². The Kier molecular flexibility index (Phi) is 5.84. The molecule has 2 N–H and O–H groups in total. The molecule has 7 nitrogen and oxygen atoms in total. The van der Waals surface area contributed by atoms with Crippen molar-refractivity contribution in [1.82, 2.24) is 10.3 Å². The number of likely N-dealkylation sites (N-methyl/N-ethyl adjacent to an activating group) is 1. The van der Waals surface area contributed by atoms with Gasteiger partial charge in [0.2, 0.25) is 0 Å². The Morgan fingerprint density at radius 2 is 1.88 bits per heavy atom. The van der Waals surface area contributed by atoms with E-state index in [4.69, 9.17) is 0 Å². The van der Waals surface area contributed by atoms with Crippen molar-refractivity contribution >= 4 is 34.7 Å². The summed E-state index contributed by atoms with van der Waals surface area (Å²) in [5.41, 5.74) is 2.69. The molecule has 0 atom stereocenters. The van der Waals surface area contributed by atoms with Gasteiger partial charge in [-0.1, -0.05) is 13.8 Å². The molecule has 4 rings (SSSR count). The summed E-state index contributed by atoms with van der Waals surface area (Å²) in [6, 6.07) is 9.77. The Hall–Kier alpha value is -3.09. The van der Waals surface area contributed by atoms with Gasteiger partial charge in [0.1, 0.15) is 11.4 Å². The van der Waals surface area contributed by atoms with Crippen LogP contribution in [0, 0.1) is 5.92 Å². The van der Waals surface area contributed by atoms with Crippen LogP contribution in [0.3, 0.4) is 0 Å². The lowest BCUT2D eigenvalue weighted by Crippen LogP contribution is -2.59. The third kappa shape index (κ3) is 4.42. The fraction of sp³-hybridized carbons (Fsp3) is 0.480. The number of amides is 2. The van der Waals surface area contributed by atoms with Crippen LogP contribution in [0.5, 0.6) is 0 Å². The lowest BCUT2D eigenvalue weighted by Gasteiger charge is -2.47. The first-order chi connectivity index (χ1) is 15.2. The van der Waals surface area contributed by atoms with Crippen molar-refractivity contribution < 1.29 is 9.59 Å². The fourth-order valence-electron chi connectivity index (χ4n) is 4.05. The summed E-state index contributed by atoms with van der Waals surface area (Å²) in [6.07, 6.45) is 4.89. The highest BCUT2D eigenvalue weighted by Gasteiger charge is 2.43. The molecule has 1 aliphatic heterocycles. The Labute approximate surface area is 190 Å². The predicted octanol–water partition coefficient (Wildman–Crippen LogP) is 4.32. The number of carbonyl (C=O) groups is 2. The van der Waals surface area contributed by atoms with E-state index < -0.39 is 5.54 Å². The van der Waals surface area contributed by atoms with E-state index >= 15 is 0 Å². The zero-order valence-electron chi connectivity index (χ0n) is 19.6. The molecule has 170 valence electrons. The Morgan fingerprint density at radius 1 is 1.19 bits per heavy atom. The molecular weight excluding hydrogens is 402 g/mol. The number of aromatic nitrogens is 1. The van der Waals surface area contributed by atoms with Crippen molar-refractivity contribution in [1.29, 1.82) is 0 Å². The normalized spacial score (nSPS) is 17.4. The van der Waals surface area contributed by atoms with Gasteiger partial charge in [-0.05, 0) is 63.3 Å². The van der Waals surface area contributed by atoms with E-state index in [1.165, 1.54) is 0 Å². The van der Waals surface area contributed by atoms with E-state index in [0.717, 1.165) is 42.9 Å². The molecule has 32 heavy (non-hydrogen) atoms. The van der Waals surface area contributed by atoms with Crippen molar-refractivity contribution in [2.24, 2.45) is 5.92 Å². The molecule has 0 spiro atoms. The minimum absolute atomic E-state index is 0.0262. The zero-order valence-corrected chi connectivity index (χ0v) is 19.6. The Balaban J connectivity index is 1.57. The monoisotopic (exact) mass is 435 g/mol. The molecule has 1 fully saturated rings. The summed E-state index contributed by atoms with van der Waals surface area (Å²) in [6.45, 7) is 9.15. The van der Waals surface area contributed by atoms with Crippen LogP contribution in [-0.2, 0) is 4.79 Å². The van der Waals surface area contributed by atoms with Crippen LogP contribution in [0.2, 0.25) is 0 Å². The van der Waals surface area contributed by atoms with Gasteiger partial charge >= 0.3 is 0 Å². The van der Waals surface area contributed by atoms with Gasteiger partial charge in [0.05, 0.1) is 17.6 Å². The van der Waals surface area contributed by atoms with E-state index in [9.17, 15) is 9.59 Å². The molecule has 1 aliphatic carbocycles. The second-order valence-electron chi connectivity index (χ2n) is 9.77. The summed E-state index contributed by atoms with van der Waals surface area (Å²) < 4.78 is 0. The number of hydrogen-bond acceptors (Lipinski definition) is 5. The maximum absolute atomic E-state index is 13.0. The molecule has 0 saturated heterocycles. The third-order valence-electron chi connectivity index (χ3n) is 6.28. The number of nitrogens with zero attached hydrogens (tertiary/aromatic N) is 3. The molecule has 0 unspecified atom stereocenters. The van der Waals surface area contributed by atoms with Crippen molar-refractivity contribution in [3.05, 3.63) is 42.1 Å². The molecule has 0 bridgehead atoms. The minimum Gasteiger partial charge on any atom is -0.356 e. The van der Waals surface area contributed by atoms with Gasteiger partial charge < -0.3 is 20.4 Å². The minimum atomic E-state index is -0.633. The maximum atomic E-state index is 13.0. The van der Waals surface area contributed by atoms with Crippen LogP contribution < -0.4 is 20.4 Å². The number of hydrogen-bond donors (Lipinski definition) is 2. The molecule has 2 amide bonds. The molecule has 1 aromatic carbocycles. The number of rotatable bonds is 7. The molecule has 1 aromatic heterocycles. The number of fused-ring (bicyclic) bond motifs is 1. The lowest BCUT2D eigenvalue weighted by molar-refractivity contribution is -0.122. The molecule has 0 radical (unpaired) electrons. The summed E-state index contributed by atoms with van der Waals surface area (Å²) in [4.78, 5) is 33.7. The van der Waals surface area contributed by atoms with Crippen molar-refractivity contribution in [3.63, 3.8) is 0 Å². The topological polar surface area (TPSA) is 77.6 Å². The van der Waals surface area contributed by atoms with Crippen LogP contribution >= 0.6 is 0 Å². The molecule has 2 heterocycles. The highest BCUT2D eigenvalue weighted by Crippen LogP contribution is 2.41. The Morgan fingerprint density at radius 3 is 2.50 bits per heavy atom. The Bertz CT molecular complexity index is 1010. The van der Waals surface area contributed by atoms with E-state index in [2.05, 4.69) is 34.4 Å². The number of carbonyl (C=O) groups excluding carboxylic acids is 2. The van der Waals surface area contributed by atoms with Gasteiger partial charge in [-0.15, -0.1) is 0 Å². The first kappa shape index (κ1) is 22.1. The average Bonchev–Trinajstić information content (AvgIpc) is 3.56. The largest absolute Gasteiger partial charge is 0.356 e. The van der Waals surface area contributed by atoms with Crippen LogP contribution in [0.25, 0.3) is 0 Å². The molecule has 2 aromatic rings. The third-order valence-corrected chi connectivity index (χ3v) is 6.28. The maximum Gasteiger partial charge on any atom is 0.252 e. The molecule has 2 aliphatic rings. The van der Waals surface area contributed by atoms with Gasteiger partial charge in [0.25, 0.3) is 11.8 Å². The quantitative estimate of drug-likeness (QED) is 0.677. The van der Waals surface area contributed by atoms with Crippen LogP contribution in [0.15, 0.2) is 36.5 Å². The first-order valence-corrected chi connectivity index (χ1v) is 11.4. The predicted molar refractivity (Wildman–Crippen MR) is 129 cm³/mol. The number of nitrogens with one attached hydrogen (secondary N) is 2. The van der Waals surface area contributed by atoms with E-state index in [-0.39, 0.29) is 11.8 Å². The molecule has 7 heteroatoms. The van der Waals surface area contributed by atoms with E-state index in [1.54, 1.807) is 11.1 Å². The lowest BCUT2D eigenvalue weighted by atomic mass is 9.94. The fourth-order valence-corrected chi connectivity index (χ4v) is 4.05. The van der Waals surface area contributed by atoms with Gasteiger partial charge in [-0.3, -0.25) is 9.59 Å². The zero-order chi connectivity index (χ0) is 23.0. The first-order valence-electron chi connectivity index (χ1n) is 11.4. The van der Waals surface area contributed by atoms with E-state index in [0.29, 0.717) is 23.3 Å². The number of benzene rings is 1. The van der Waals surface area contributed by atoms with Gasteiger partial charge in [0, 0.05) is 37.0 Å². The number of pyridine rings is 1. The standard InChI is InChI=1S/C25H33N5O2/c1-16(2)12-13-30-20-14-22(26-15-21(20)29(5)24(32)25(30,3)4)27-18-8-6-17(7-9-18)23(31)28-19-10-11-19/h6-9,14-16,19H,10-13H2,1-5H3,(H,26,27)(H,28,31). The molecule has 1 saturated carbocycles. The van der Waals surface area contributed by atoms with Crippen LogP contribution in [0.1, 0.15) is 57.3 Å². The molecular formula is C25H33N5O2. The number of anilines is 4. The van der Waals surface area contributed by atoms with E-state index in [1.807, 2.05) is 51.2 Å². The second-order valence-corrected chi connectivity index (χ2v) is 9.77. The summed E-state index contributed by atoms with van der Waals surface area (Å²) in [7, 11) is 1.81. The van der Waals surface area contributed by atoms with Crippen molar-refractivity contribution in [2.75, 3.05) is 28.7 Å². The van der Waals surface area contributed by atoms with Crippen LogP contribution in [0.4, 0.5) is 22.9 Å². The smallest absolute Gasteiger partial charge is 0.252 e. The van der Waals surface area contributed by atoms with Crippen molar-refractivity contribution in [3.8, 4) is 0 Å². The summed E-state index contributed by atoms with van der Waals surface area (Å²) in [5.74, 6) is 1.28. The summed E-state index contributed by atoms with van der Waals surface area (Å²) >= 11 is 0. The van der Waals surface area contributed by atoms with Gasteiger partial charge in [-0.2, -0.15) is 0 Å². The SMILES string of the molecule is CC(C)CCN1c2cc(Nc3ccc(C(=O)NC4CC4)cc3)ncc2N(C)C(=O)C1(C)C. The van der Waals surface area contributed by atoms with Crippen molar-refractivity contribution in [2.45, 2.75) is 58.5 Å². The van der Waals surface area contributed by atoms with Crippen LogP contribution in [-0.4, -0.2) is 42.0 Å². The highest BCUT2D eigenvalue weighted by molar-refractivity contribution is 6.07. The average molecular weight is 436 g/mol.